The van der Waals surface area contributed by atoms with Gasteiger partial charge in [0.05, 0.1) is 17.1 Å². The minimum atomic E-state index is -3.71. The van der Waals surface area contributed by atoms with E-state index in [1.165, 1.54) is 12.1 Å². The Morgan fingerprint density at radius 1 is 1.22 bits per heavy atom. The summed E-state index contributed by atoms with van der Waals surface area (Å²) in [6, 6.07) is 4.32. The highest BCUT2D eigenvalue weighted by atomic mass is 32.2. The number of carbonyl (C=O) groups is 2. The van der Waals surface area contributed by atoms with Crippen LogP contribution in [-0.4, -0.2) is 37.9 Å². The summed E-state index contributed by atoms with van der Waals surface area (Å²) in [7, 11) is -3.71. The van der Waals surface area contributed by atoms with Crippen LogP contribution in [0.15, 0.2) is 23.1 Å². The van der Waals surface area contributed by atoms with Crippen molar-refractivity contribution in [2.45, 2.75) is 57.4 Å². The van der Waals surface area contributed by atoms with Crippen LogP contribution in [0.25, 0.3) is 11.6 Å². The molecule has 1 aliphatic carbocycles. The van der Waals surface area contributed by atoms with Gasteiger partial charge in [0.1, 0.15) is 5.69 Å². The molecule has 0 saturated heterocycles. The highest BCUT2D eigenvalue weighted by Crippen LogP contribution is 2.37. The number of hydrogen-bond acceptors (Lipinski definition) is 5. The molecule has 32 heavy (non-hydrogen) atoms. The number of aromatic amines is 1. The van der Waals surface area contributed by atoms with Crippen molar-refractivity contribution in [2.24, 2.45) is 0 Å². The molecule has 0 saturated carbocycles. The smallest absolute Gasteiger partial charge is 0.355 e. The molecule has 170 valence electrons. The predicted molar refractivity (Wildman–Crippen MR) is 122 cm³/mol. The Morgan fingerprint density at radius 3 is 2.62 bits per heavy atom. The molecule has 1 aliphatic heterocycles. The molecule has 1 amide bonds. The van der Waals surface area contributed by atoms with E-state index in [1.54, 1.807) is 32.9 Å². The molecule has 8 nitrogen and oxygen atoms in total. The number of ether oxygens (including phenoxy) is 1. The number of H-pyrrole nitrogens is 1. The number of nitrogens with one attached hydrogen (secondary N) is 3. The van der Waals surface area contributed by atoms with E-state index in [9.17, 15) is 18.0 Å². The first-order valence-corrected chi connectivity index (χ1v) is 12.3. The number of amides is 1. The number of carbonyl (C=O) groups excluding carboxylic acids is 2. The normalized spacial score (nSPS) is 16.8. The van der Waals surface area contributed by atoms with Gasteiger partial charge in [0.15, 0.2) is 0 Å². The lowest BCUT2D eigenvalue weighted by Crippen LogP contribution is -2.30. The highest BCUT2D eigenvalue weighted by Gasteiger charge is 2.29. The van der Waals surface area contributed by atoms with Crippen LogP contribution in [0.2, 0.25) is 0 Å². The Hall–Kier alpha value is -2.91. The van der Waals surface area contributed by atoms with E-state index in [-0.39, 0.29) is 23.5 Å². The fraction of sp³-hybridized carbons (Fsp3) is 0.391. The van der Waals surface area contributed by atoms with Gasteiger partial charge in [0.25, 0.3) is 5.91 Å². The zero-order valence-electron chi connectivity index (χ0n) is 18.4. The Balaban J connectivity index is 1.79. The zero-order valence-corrected chi connectivity index (χ0v) is 19.2. The van der Waals surface area contributed by atoms with Gasteiger partial charge in [-0.3, -0.25) is 4.79 Å². The van der Waals surface area contributed by atoms with Gasteiger partial charge in [-0.2, -0.15) is 0 Å². The molecule has 2 aromatic rings. The number of hydrogen-bond donors (Lipinski definition) is 3. The number of rotatable bonds is 6. The standard InChI is InChI=1S/C23H27N3O5S/c1-4-31-23(28)21-16-8-6-5-7-15(16)20(24-21)12-18-17-11-14(32(29,30)26-13(2)3)9-10-19(17)25-22(18)27/h9-13,24,26H,4-8H2,1-3H3,(H,25,27)/b18-12-. The van der Waals surface area contributed by atoms with Gasteiger partial charge < -0.3 is 15.0 Å². The average Bonchev–Trinajstić information content (AvgIpc) is 3.25. The number of aromatic nitrogens is 1. The Bertz CT molecular complexity index is 1220. The lowest BCUT2D eigenvalue weighted by atomic mass is 9.91. The maximum absolute atomic E-state index is 12.7. The van der Waals surface area contributed by atoms with E-state index in [2.05, 4.69) is 15.0 Å². The van der Waals surface area contributed by atoms with Crippen molar-refractivity contribution >= 4 is 39.2 Å². The van der Waals surface area contributed by atoms with Gasteiger partial charge in [0.2, 0.25) is 10.0 Å². The molecule has 2 heterocycles. The van der Waals surface area contributed by atoms with Crippen LogP contribution in [0.5, 0.6) is 0 Å². The molecule has 2 aliphatic rings. The maximum atomic E-state index is 12.7. The van der Waals surface area contributed by atoms with E-state index >= 15 is 0 Å². The van der Waals surface area contributed by atoms with Crippen LogP contribution in [0.3, 0.4) is 0 Å². The highest BCUT2D eigenvalue weighted by molar-refractivity contribution is 7.89. The van der Waals surface area contributed by atoms with Crippen LogP contribution < -0.4 is 10.0 Å². The summed E-state index contributed by atoms with van der Waals surface area (Å²) in [5, 5.41) is 2.79. The summed E-state index contributed by atoms with van der Waals surface area (Å²) in [6.45, 7) is 5.53. The third-order valence-corrected chi connectivity index (χ3v) is 7.25. The second kappa shape index (κ2) is 8.55. The van der Waals surface area contributed by atoms with Crippen LogP contribution in [0.1, 0.15) is 66.5 Å². The van der Waals surface area contributed by atoms with Crippen molar-refractivity contribution in [3.63, 3.8) is 0 Å². The number of benzene rings is 1. The molecule has 4 rings (SSSR count). The van der Waals surface area contributed by atoms with Gasteiger partial charge >= 0.3 is 5.97 Å². The van der Waals surface area contributed by atoms with Gasteiger partial charge in [0, 0.05) is 23.0 Å². The first kappa shape index (κ1) is 22.3. The second-order valence-electron chi connectivity index (χ2n) is 8.29. The van der Waals surface area contributed by atoms with E-state index in [0.29, 0.717) is 28.2 Å². The Morgan fingerprint density at radius 2 is 1.94 bits per heavy atom. The van der Waals surface area contributed by atoms with Gasteiger partial charge in [-0.05, 0) is 81.9 Å². The lowest BCUT2D eigenvalue weighted by molar-refractivity contribution is -0.110. The second-order valence-corrected chi connectivity index (χ2v) is 10.0. The summed E-state index contributed by atoms with van der Waals surface area (Å²) in [6.07, 6.45) is 5.26. The number of anilines is 1. The predicted octanol–water partition coefficient (Wildman–Crippen LogP) is 3.25. The molecule has 0 bridgehead atoms. The summed E-state index contributed by atoms with van der Waals surface area (Å²) in [4.78, 5) is 28.4. The summed E-state index contributed by atoms with van der Waals surface area (Å²) in [5.74, 6) is -0.720. The Kier molecular flexibility index (Phi) is 5.96. The van der Waals surface area contributed by atoms with Crippen molar-refractivity contribution in [2.75, 3.05) is 11.9 Å². The van der Waals surface area contributed by atoms with Crippen LogP contribution in [0, 0.1) is 0 Å². The van der Waals surface area contributed by atoms with E-state index in [0.717, 1.165) is 36.8 Å². The van der Waals surface area contributed by atoms with E-state index in [1.807, 2.05) is 0 Å². The van der Waals surface area contributed by atoms with Crippen LogP contribution in [-0.2, 0) is 32.4 Å². The van der Waals surface area contributed by atoms with Crippen LogP contribution in [0.4, 0.5) is 5.69 Å². The quantitative estimate of drug-likeness (QED) is 0.455. The number of fused-ring (bicyclic) bond motifs is 2. The van der Waals surface area contributed by atoms with Crippen molar-refractivity contribution in [1.29, 1.82) is 0 Å². The molecular weight excluding hydrogens is 430 g/mol. The van der Waals surface area contributed by atoms with Gasteiger partial charge in [-0.25, -0.2) is 17.9 Å². The molecule has 1 aromatic heterocycles. The minimum absolute atomic E-state index is 0.0908. The number of esters is 1. The molecule has 0 fully saturated rings. The maximum Gasteiger partial charge on any atom is 0.355 e. The monoisotopic (exact) mass is 457 g/mol. The summed E-state index contributed by atoms with van der Waals surface area (Å²) in [5.41, 5.74) is 4.50. The first-order chi connectivity index (χ1) is 15.2. The molecule has 9 heteroatoms. The third kappa shape index (κ3) is 4.10. The van der Waals surface area contributed by atoms with Crippen molar-refractivity contribution < 1.29 is 22.7 Å². The number of sulfonamides is 1. The summed E-state index contributed by atoms with van der Waals surface area (Å²) < 4.78 is 33.0. The fourth-order valence-electron chi connectivity index (χ4n) is 4.26. The molecule has 1 aromatic carbocycles. The molecule has 3 N–H and O–H groups in total. The first-order valence-electron chi connectivity index (χ1n) is 10.8. The van der Waals surface area contributed by atoms with Gasteiger partial charge in [-0.1, -0.05) is 0 Å². The molecule has 0 atom stereocenters. The van der Waals surface area contributed by atoms with Crippen molar-refractivity contribution in [3.8, 4) is 0 Å². The molecular formula is C23H27N3O5S. The van der Waals surface area contributed by atoms with E-state index < -0.39 is 16.0 Å². The van der Waals surface area contributed by atoms with Crippen LogP contribution >= 0.6 is 0 Å². The zero-order chi connectivity index (χ0) is 23.0. The minimum Gasteiger partial charge on any atom is -0.461 e. The molecule has 0 spiro atoms. The third-order valence-electron chi connectivity index (χ3n) is 5.60. The SMILES string of the molecule is CCOC(=O)c1[nH]c(/C=C2\C(=O)Nc3ccc(S(=O)(=O)NC(C)C)cc32)c2c1CCCC2. The summed E-state index contributed by atoms with van der Waals surface area (Å²) >= 11 is 0. The topological polar surface area (TPSA) is 117 Å². The van der Waals surface area contributed by atoms with Gasteiger partial charge in [-0.15, -0.1) is 0 Å². The molecule has 0 unspecified atom stereocenters. The average molecular weight is 458 g/mol. The fourth-order valence-corrected chi connectivity index (χ4v) is 5.54. The van der Waals surface area contributed by atoms with Crippen molar-refractivity contribution in [3.05, 3.63) is 46.3 Å². The largest absolute Gasteiger partial charge is 0.461 e. The van der Waals surface area contributed by atoms with E-state index in [4.69, 9.17) is 4.74 Å². The van der Waals surface area contributed by atoms with Crippen molar-refractivity contribution in [1.82, 2.24) is 9.71 Å². The lowest BCUT2D eigenvalue weighted by Gasteiger charge is -2.13. The molecule has 0 radical (unpaired) electrons. The Labute approximate surface area is 187 Å².